The second kappa shape index (κ2) is 5.09. The third-order valence-corrected chi connectivity index (χ3v) is 3.52. The summed E-state index contributed by atoms with van der Waals surface area (Å²) >= 11 is 1.45. The van der Waals surface area contributed by atoms with Crippen LogP contribution >= 0.6 is 11.3 Å². The van der Waals surface area contributed by atoms with E-state index < -0.39 is 5.91 Å². The maximum absolute atomic E-state index is 11.7. The largest absolute Gasteiger partial charge is 0.369 e. The monoisotopic (exact) mass is 242 g/mol. The third kappa shape index (κ3) is 2.40. The first kappa shape index (κ1) is 12.7. The molecule has 0 radical (unpaired) electrons. The van der Waals surface area contributed by atoms with Gasteiger partial charge in [-0.1, -0.05) is 18.3 Å². The first-order valence-corrected chi connectivity index (χ1v) is 5.79. The zero-order valence-electron chi connectivity index (χ0n) is 9.42. The molecule has 0 saturated heterocycles. The van der Waals surface area contributed by atoms with Gasteiger partial charge in [0.2, 0.25) is 5.91 Å². The second-order valence-corrected chi connectivity index (χ2v) is 4.57. The molecule has 2 amide bonds. The first-order valence-electron chi connectivity index (χ1n) is 4.98. The minimum atomic E-state index is -0.433. The fraction of sp³-hybridized carbons (Fsp3) is 0.400. The number of hydrogen-bond donors (Lipinski definition) is 3. The lowest BCUT2D eigenvalue weighted by molar-refractivity contribution is -0.249. The number of rotatable bonds is 4. The van der Waals surface area contributed by atoms with Crippen LogP contribution in [0.5, 0.6) is 0 Å². The summed E-state index contributed by atoms with van der Waals surface area (Å²) in [6.07, 6.45) is 0.866. The Morgan fingerprint density at radius 3 is 2.56 bits per heavy atom. The van der Waals surface area contributed by atoms with Gasteiger partial charge in [-0.15, -0.1) is 0 Å². The maximum atomic E-state index is 11.7. The standard InChI is InChI=1S/C10H15N3O2S/c1-3-6-5(4-7(11)14)8(9(12)16-6)10(15)13-2/h3-4,12H2,1-2H3,(H2,11,14)(H,13,15)/p+1. The molecule has 6 heteroatoms. The van der Waals surface area contributed by atoms with Crippen LogP contribution in [0.15, 0.2) is 0 Å². The van der Waals surface area contributed by atoms with E-state index in [1.54, 1.807) is 7.05 Å². The molecule has 0 fully saturated rings. The van der Waals surface area contributed by atoms with Crippen molar-refractivity contribution in [1.29, 1.82) is 0 Å². The van der Waals surface area contributed by atoms with Crippen molar-refractivity contribution in [1.82, 2.24) is 5.32 Å². The fourth-order valence-corrected chi connectivity index (χ4v) is 2.66. The van der Waals surface area contributed by atoms with Crippen LogP contribution in [0.4, 0.5) is 5.00 Å². The van der Waals surface area contributed by atoms with Crippen molar-refractivity contribution >= 4 is 28.2 Å². The normalized spacial score (nSPS) is 10.2. The number of hydrogen-bond acceptors (Lipinski definition) is 3. The van der Waals surface area contributed by atoms with Gasteiger partial charge in [-0.2, -0.15) is 0 Å². The van der Waals surface area contributed by atoms with Gasteiger partial charge in [0.15, 0.2) is 5.00 Å². The Hall–Kier alpha value is -1.40. The van der Waals surface area contributed by atoms with E-state index in [2.05, 4.69) is 11.1 Å². The second-order valence-electron chi connectivity index (χ2n) is 3.38. The highest BCUT2D eigenvalue weighted by molar-refractivity contribution is 7.15. The molecule has 0 saturated carbocycles. The number of primary amides is 1. The van der Waals surface area contributed by atoms with Gasteiger partial charge >= 0.3 is 0 Å². The van der Waals surface area contributed by atoms with E-state index >= 15 is 0 Å². The van der Waals surface area contributed by atoms with E-state index in [1.807, 2.05) is 6.92 Å². The van der Waals surface area contributed by atoms with Crippen molar-refractivity contribution < 1.29 is 15.3 Å². The van der Waals surface area contributed by atoms with Crippen molar-refractivity contribution in [3.63, 3.8) is 0 Å². The Morgan fingerprint density at radius 2 is 2.12 bits per heavy atom. The van der Waals surface area contributed by atoms with Gasteiger partial charge < -0.3 is 16.8 Å². The van der Waals surface area contributed by atoms with Gasteiger partial charge in [-0.05, 0) is 12.0 Å². The molecular formula is C10H16N3O2S+. The molecule has 0 spiro atoms. The van der Waals surface area contributed by atoms with Crippen LogP contribution in [0.3, 0.4) is 0 Å². The molecule has 1 aromatic rings. The zero-order valence-corrected chi connectivity index (χ0v) is 10.2. The van der Waals surface area contributed by atoms with Crippen LogP contribution in [-0.4, -0.2) is 18.9 Å². The minimum Gasteiger partial charge on any atom is -0.369 e. The number of amides is 2. The van der Waals surface area contributed by atoms with Crippen LogP contribution in [-0.2, 0) is 17.6 Å². The zero-order chi connectivity index (χ0) is 12.3. The highest BCUT2D eigenvalue weighted by atomic mass is 32.1. The van der Waals surface area contributed by atoms with Gasteiger partial charge in [0.1, 0.15) is 5.56 Å². The van der Waals surface area contributed by atoms with Crippen molar-refractivity contribution in [2.24, 2.45) is 5.73 Å². The molecule has 88 valence electrons. The Kier molecular flexibility index (Phi) is 4.03. The quantitative estimate of drug-likeness (QED) is 0.667. The van der Waals surface area contributed by atoms with Crippen molar-refractivity contribution in [3.8, 4) is 0 Å². The molecule has 6 N–H and O–H groups in total. The molecular weight excluding hydrogens is 226 g/mol. The molecule has 0 unspecified atom stereocenters. The molecule has 1 aromatic heterocycles. The van der Waals surface area contributed by atoms with Crippen molar-refractivity contribution in [2.75, 3.05) is 7.05 Å². The highest BCUT2D eigenvalue weighted by Crippen LogP contribution is 2.30. The lowest BCUT2D eigenvalue weighted by Gasteiger charge is -2.02. The first-order chi connectivity index (χ1) is 7.51. The van der Waals surface area contributed by atoms with Gasteiger partial charge in [0.25, 0.3) is 5.91 Å². The Labute approximate surface area is 97.8 Å². The predicted octanol–water partition coefficient (Wildman–Crippen LogP) is -0.429. The number of carbonyl (C=O) groups excluding carboxylic acids is 2. The van der Waals surface area contributed by atoms with Crippen LogP contribution in [0, 0.1) is 0 Å². The molecule has 0 bridgehead atoms. The van der Waals surface area contributed by atoms with Gasteiger partial charge in [-0.3, -0.25) is 9.59 Å². The summed E-state index contributed by atoms with van der Waals surface area (Å²) in [5.74, 6) is -0.644. The number of quaternary nitrogens is 1. The number of aryl methyl sites for hydroxylation is 1. The van der Waals surface area contributed by atoms with Gasteiger partial charge in [-0.25, -0.2) is 0 Å². The topological polar surface area (TPSA) is 99.8 Å². The molecule has 1 heterocycles. The molecule has 5 nitrogen and oxygen atoms in total. The smallest absolute Gasteiger partial charge is 0.258 e. The van der Waals surface area contributed by atoms with Crippen molar-refractivity contribution in [2.45, 2.75) is 19.8 Å². The predicted molar refractivity (Wildman–Crippen MR) is 62.5 cm³/mol. The van der Waals surface area contributed by atoms with Crippen LogP contribution < -0.4 is 16.8 Å². The summed E-state index contributed by atoms with van der Waals surface area (Å²) in [7, 11) is 1.55. The summed E-state index contributed by atoms with van der Waals surface area (Å²) in [4.78, 5) is 23.7. The van der Waals surface area contributed by atoms with E-state index in [-0.39, 0.29) is 12.3 Å². The Morgan fingerprint density at radius 1 is 1.50 bits per heavy atom. The van der Waals surface area contributed by atoms with Crippen LogP contribution in [0.25, 0.3) is 0 Å². The molecule has 16 heavy (non-hydrogen) atoms. The lowest BCUT2D eigenvalue weighted by Crippen LogP contribution is -2.41. The highest BCUT2D eigenvalue weighted by Gasteiger charge is 2.23. The summed E-state index contributed by atoms with van der Waals surface area (Å²) in [6, 6.07) is 0. The summed E-state index contributed by atoms with van der Waals surface area (Å²) < 4.78 is 0. The minimum absolute atomic E-state index is 0.0952. The van der Waals surface area contributed by atoms with Gasteiger partial charge in [0, 0.05) is 11.9 Å². The Balaban J connectivity index is 3.28. The molecule has 0 aliphatic carbocycles. The molecule has 1 rings (SSSR count). The van der Waals surface area contributed by atoms with Gasteiger partial charge in [0.05, 0.1) is 6.42 Å². The van der Waals surface area contributed by atoms with Crippen LogP contribution in [0.1, 0.15) is 27.7 Å². The van der Waals surface area contributed by atoms with E-state index in [1.165, 1.54) is 11.3 Å². The number of nitrogens with one attached hydrogen (secondary N) is 1. The number of thiophene rings is 1. The molecule has 0 aromatic carbocycles. The average Bonchev–Trinajstić information content (AvgIpc) is 2.53. The number of nitrogens with two attached hydrogens (primary N) is 1. The SMILES string of the molecule is CCc1sc([NH3+])c(C(=O)NC)c1CC(N)=O. The van der Waals surface area contributed by atoms with E-state index in [0.29, 0.717) is 10.6 Å². The third-order valence-electron chi connectivity index (χ3n) is 2.29. The fourth-order valence-electron chi connectivity index (χ4n) is 1.60. The maximum Gasteiger partial charge on any atom is 0.258 e. The van der Waals surface area contributed by atoms with E-state index in [0.717, 1.165) is 16.9 Å². The summed E-state index contributed by atoms with van der Waals surface area (Å²) in [6.45, 7) is 1.98. The average molecular weight is 242 g/mol. The van der Waals surface area contributed by atoms with E-state index in [4.69, 9.17) is 5.73 Å². The Bertz CT molecular complexity index is 426. The lowest BCUT2D eigenvalue weighted by atomic mass is 10.0. The number of carbonyl (C=O) groups is 2. The van der Waals surface area contributed by atoms with Crippen molar-refractivity contribution in [3.05, 3.63) is 16.0 Å². The van der Waals surface area contributed by atoms with Crippen LogP contribution in [0.2, 0.25) is 0 Å². The molecule has 0 atom stereocenters. The van der Waals surface area contributed by atoms with E-state index in [9.17, 15) is 9.59 Å². The molecule has 0 aliphatic rings. The molecule has 0 aliphatic heterocycles. The summed E-state index contributed by atoms with van der Waals surface area (Å²) in [5.41, 5.74) is 10.2. The summed E-state index contributed by atoms with van der Waals surface area (Å²) in [5, 5.41) is 3.24.